The van der Waals surface area contributed by atoms with E-state index in [9.17, 15) is 14.4 Å². The van der Waals surface area contributed by atoms with Crippen molar-refractivity contribution < 1.29 is 28.6 Å². The van der Waals surface area contributed by atoms with E-state index in [4.69, 9.17) is 14.2 Å². The van der Waals surface area contributed by atoms with E-state index in [-0.39, 0.29) is 31.3 Å². The van der Waals surface area contributed by atoms with E-state index in [0.29, 0.717) is 22.7 Å². The zero-order valence-electron chi connectivity index (χ0n) is 15.7. The minimum atomic E-state index is -0.614. The highest BCUT2D eigenvalue weighted by Crippen LogP contribution is 2.28. The maximum atomic E-state index is 12.3. The predicted molar refractivity (Wildman–Crippen MR) is 102 cm³/mol. The van der Waals surface area contributed by atoms with Gasteiger partial charge in [0, 0.05) is 30.3 Å². The number of benzene rings is 2. The third kappa shape index (κ3) is 4.31. The molecule has 28 heavy (non-hydrogen) atoms. The minimum absolute atomic E-state index is 0.0450. The van der Waals surface area contributed by atoms with Crippen molar-refractivity contribution in [2.24, 2.45) is 5.92 Å². The van der Waals surface area contributed by atoms with Crippen LogP contribution in [0.2, 0.25) is 0 Å². The Morgan fingerprint density at radius 3 is 2.43 bits per heavy atom. The van der Waals surface area contributed by atoms with Gasteiger partial charge in [0.15, 0.2) is 12.4 Å². The number of ketones is 1. The number of esters is 1. The molecular formula is C21H21NO6. The van der Waals surface area contributed by atoms with Crippen LogP contribution in [0.1, 0.15) is 16.8 Å². The average molecular weight is 383 g/mol. The summed E-state index contributed by atoms with van der Waals surface area (Å²) in [6, 6.07) is 13.7. The number of rotatable bonds is 7. The van der Waals surface area contributed by atoms with Crippen LogP contribution in [0.25, 0.3) is 0 Å². The van der Waals surface area contributed by atoms with Crippen molar-refractivity contribution in [2.75, 3.05) is 32.3 Å². The van der Waals surface area contributed by atoms with Crippen molar-refractivity contribution in [3.63, 3.8) is 0 Å². The van der Waals surface area contributed by atoms with Gasteiger partial charge in [-0.3, -0.25) is 14.4 Å². The summed E-state index contributed by atoms with van der Waals surface area (Å²) in [5.41, 5.74) is 1.06. The Morgan fingerprint density at radius 2 is 1.71 bits per heavy atom. The SMILES string of the molecule is COc1cccc(C(=O)COC(=O)[C@H]2CC(=O)N(c3cccc(OC)c3)C2)c1. The summed E-state index contributed by atoms with van der Waals surface area (Å²) in [6.45, 7) is -0.173. The molecule has 2 aromatic rings. The van der Waals surface area contributed by atoms with Crippen LogP contribution in [0, 0.1) is 5.92 Å². The first-order chi connectivity index (χ1) is 13.5. The van der Waals surface area contributed by atoms with E-state index in [2.05, 4.69) is 0 Å². The largest absolute Gasteiger partial charge is 0.497 e. The standard InChI is InChI=1S/C21H21NO6/c1-26-17-7-3-5-14(9-17)19(23)13-28-21(25)15-10-20(24)22(12-15)16-6-4-8-18(11-16)27-2/h3-9,11,15H,10,12-13H2,1-2H3/t15-/m0/s1. The molecule has 1 saturated heterocycles. The third-order valence-corrected chi connectivity index (χ3v) is 4.56. The zero-order valence-corrected chi connectivity index (χ0v) is 15.7. The Hall–Kier alpha value is -3.35. The lowest BCUT2D eigenvalue weighted by atomic mass is 10.1. The number of ether oxygens (including phenoxy) is 3. The van der Waals surface area contributed by atoms with Crippen molar-refractivity contribution in [3.05, 3.63) is 54.1 Å². The molecule has 146 valence electrons. The number of methoxy groups -OCH3 is 2. The molecule has 7 heteroatoms. The van der Waals surface area contributed by atoms with Crippen LogP contribution in [-0.2, 0) is 14.3 Å². The normalized spacial score (nSPS) is 16.0. The molecule has 1 aliphatic heterocycles. The number of Topliss-reactive ketones (excluding diaryl/α,β-unsaturated/α-hetero) is 1. The fourth-order valence-corrected chi connectivity index (χ4v) is 3.03. The number of anilines is 1. The maximum Gasteiger partial charge on any atom is 0.311 e. The van der Waals surface area contributed by atoms with Gasteiger partial charge in [-0.15, -0.1) is 0 Å². The highest BCUT2D eigenvalue weighted by molar-refractivity contribution is 6.01. The topological polar surface area (TPSA) is 82.1 Å². The number of carbonyl (C=O) groups excluding carboxylic acids is 3. The monoisotopic (exact) mass is 383 g/mol. The van der Waals surface area contributed by atoms with Gasteiger partial charge < -0.3 is 19.1 Å². The Labute approximate surface area is 162 Å². The summed E-state index contributed by atoms with van der Waals surface area (Å²) >= 11 is 0. The molecule has 0 bridgehead atoms. The van der Waals surface area contributed by atoms with Crippen molar-refractivity contribution >= 4 is 23.3 Å². The summed E-state index contributed by atoms with van der Waals surface area (Å²) in [5.74, 6) is -0.505. The average Bonchev–Trinajstić information content (AvgIpc) is 3.13. The van der Waals surface area contributed by atoms with Gasteiger partial charge in [0.05, 0.1) is 20.1 Å². The van der Waals surface area contributed by atoms with Crippen LogP contribution in [0.5, 0.6) is 11.5 Å². The number of amides is 1. The van der Waals surface area contributed by atoms with Gasteiger partial charge >= 0.3 is 5.97 Å². The fourth-order valence-electron chi connectivity index (χ4n) is 3.03. The lowest BCUT2D eigenvalue weighted by Gasteiger charge is -2.17. The van der Waals surface area contributed by atoms with Gasteiger partial charge in [-0.25, -0.2) is 0 Å². The van der Waals surface area contributed by atoms with Gasteiger partial charge in [-0.2, -0.15) is 0 Å². The van der Waals surface area contributed by atoms with Crippen molar-refractivity contribution in [1.29, 1.82) is 0 Å². The van der Waals surface area contributed by atoms with E-state index in [0.717, 1.165) is 0 Å². The molecule has 1 amide bonds. The first-order valence-electron chi connectivity index (χ1n) is 8.80. The Morgan fingerprint density at radius 1 is 1.04 bits per heavy atom. The molecule has 1 heterocycles. The lowest BCUT2D eigenvalue weighted by Crippen LogP contribution is -2.27. The van der Waals surface area contributed by atoms with E-state index in [1.165, 1.54) is 12.0 Å². The van der Waals surface area contributed by atoms with Gasteiger partial charge in [-0.05, 0) is 24.3 Å². The fraction of sp³-hybridized carbons (Fsp3) is 0.286. The van der Waals surface area contributed by atoms with E-state index < -0.39 is 11.9 Å². The number of hydrogen-bond donors (Lipinski definition) is 0. The first-order valence-corrected chi connectivity index (χ1v) is 8.80. The number of hydrogen-bond acceptors (Lipinski definition) is 6. The summed E-state index contributed by atoms with van der Waals surface area (Å²) in [7, 11) is 3.05. The second kappa shape index (κ2) is 8.56. The summed E-state index contributed by atoms with van der Waals surface area (Å²) in [6.07, 6.45) is 0.0450. The van der Waals surface area contributed by atoms with Crippen LogP contribution in [-0.4, -0.2) is 45.0 Å². The molecular weight excluding hydrogens is 362 g/mol. The molecule has 7 nitrogen and oxygen atoms in total. The summed E-state index contributed by atoms with van der Waals surface area (Å²) < 4.78 is 15.4. The molecule has 1 fully saturated rings. The summed E-state index contributed by atoms with van der Waals surface area (Å²) in [5, 5.41) is 0. The van der Waals surface area contributed by atoms with Gasteiger partial charge in [0.2, 0.25) is 5.91 Å². The van der Waals surface area contributed by atoms with Crippen molar-refractivity contribution in [1.82, 2.24) is 0 Å². The van der Waals surface area contributed by atoms with Gasteiger partial charge in [-0.1, -0.05) is 18.2 Å². The Bertz CT molecular complexity index is 894. The smallest absolute Gasteiger partial charge is 0.311 e. The van der Waals surface area contributed by atoms with Crippen LogP contribution < -0.4 is 14.4 Å². The van der Waals surface area contributed by atoms with Crippen LogP contribution in [0.4, 0.5) is 5.69 Å². The molecule has 0 N–H and O–H groups in total. The van der Waals surface area contributed by atoms with E-state index in [1.807, 2.05) is 0 Å². The zero-order chi connectivity index (χ0) is 20.1. The molecule has 0 spiro atoms. The quantitative estimate of drug-likeness (QED) is 0.540. The van der Waals surface area contributed by atoms with Gasteiger partial charge in [0.1, 0.15) is 11.5 Å². The van der Waals surface area contributed by atoms with Crippen molar-refractivity contribution in [3.8, 4) is 11.5 Å². The highest BCUT2D eigenvalue weighted by atomic mass is 16.5. The maximum absolute atomic E-state index is 12.3. The summed E-state index contributed by atoms with van der Waals surface area (Å²) in [4.78, 5) is 38.4. The molecule has 0 unspecified atom stereocenters. The second-order valence-corrected chi connectivity index (χ2v) is 6.37. The number of carbonyl (C=O) groups is 3. The molecule has 0 aliphatic carbocycles. The van der Waals surface area contributed by atoms with Crippen LogP contribution in [0.15, 0.2) is 48.5 Å². The molecule has 2 aromatic carbocycles. The highest BCUT2D eigenvalue weighted by Gasteiger charge is 2.36. The third-order valence-electron chi connectivity index (χ3n) is 4.56. The van der Waals surface area contributed by atoms with E-state index >= 15 is 0 Å². The first kappa shape index (κ1) is 19.4. The molecule has 1 atom stereocenters. The second-order valence-electron chi connectivity index (χ2n) is 6.37. The molecule has 3 rings (SSSR count). The molecule has 1 aliphatic rings. The molecule has 0 aromatic heterocycles. The van der Waals surface area contributed by atoms with Crippen LogP contribution in [0.3, 0.4) is 0 Å². The van der Waals surface area contributed by atoms with Crippen LogP contribution >= 0.6 is 0 Å². The van der Waals surface area contributed by atoms with E-state index in [1.54, 1.807) is 55.6 Å². The van der Waals surface area contributed by atoms with Crippen molar-refractivity contribution in [2.45, 2.75) is 6.42 Å². The Balaban J connectivity index is 1.59. The Kier molecular flexibility index (Phi) is 5.93. The molecule has 0 saturated carbocycles. The predicted octanol–water partition coefficient (Wildman–Crippen LogP) is 2.48. The molecule has 0 radical (unpaired) electrons. The number of nitrogens with zero attached hydrogens (tertiary/aromatic N) is 1. The minimum Gasteiger partial charge on any atom is -0.497 e. The lowest BCUT2D eigenvalue weighted by molar-refractivity contribution is -0.147. The van der Waals surface area contributed by atoms with Gasteiger partial charge in [0.25, 0.3) is 0 Å².